The van der Waals surface area contributed by atoms with Gasteiger partial charge in [0.1, 0.15) is 5.82 Å². The Morgan fingerprint density at radius 2 is 2.14 bits per heavy atom. The summed E-state index contributed by atoms with van der Waals surface area (Å²) in [5, 5.41) is 16.3. The fourth-order valence-corrected chi connectivity index (χ4v) is 5.28. The summed E-state index contributed by atoms with van der Waals surface area (Å²) in [4.78, 5) is 5.85. The first-order chi connectivity index (χ1) is 13.8. The zero-order chi connectivity index (χ0) is 19.2. The van der Waals surface area contributed by atoms with E-state index in [1.165, 1.54) is 37.0 Å². The molecule has 0 aliphatic heterocycles. The molecule has 6 nitrogen and oxygen atoms in total. The van der Waals surface area contributed by atoms with Gasteiger partial charge in [-0.25, -0.2) is 0 Å². The van der Waals surface area contributed by atoms with Gasteiger partial charge in [-0.2, -0.15) is 4.98 Å². The maximum Gasteiger partial charge on any atom is 0.237 e. The van der Waals surface area contributed by atoms with Gasteiger partial charge in [-0.15, -0.1) is 21.5 Å². The Morgan fingerprint density at radius 1 is 1.25 bits per heavy atom. The van der Waals surface area contributed by atoms with Crippen LogP contribution in [0.1, 0.15) is 80.3 Å². The van der Waals surface area contributed by atoms with Crippen molar-refractivity contribution in [2.24, 2.45) is 0 Å². The minimum Gasteiger partial charge on any atom is -0.338 e. The van der Waals surface area contributed by atoms with Gasteiger partial charge < -0.3 is 9.09 Å². The summed E-state index contributed by atoms with van der Waals surface area (Å²) >= 11 is 3.44. The molecular weight excluding hydrogens is 390 g/mol. The van der Waals surface area contributed by atoms with E-state index in [-0.39, 0.29) is 0 Å². The second-order valence-electron chi connectivity index (χ2n) is 7.31. The molecule has 1 aliphatic rings. The average Bonchev–Trinajstić information content (AvgIpc) is 3.47. The molecule has 4 rings (SSSR count). The second-order valence-corrected chi connectivity index (χ2v) is 9.29. The highest BCUT2D eigenvalue weighted by atomic mass is 32.2. The Labute approximate surface area is 174 Å². The number of hydrogen-bond acceptors (Lipinski definition) is 7. The predicted octanol–water partition coefficient (Wildman–Crippen LogP) is 5.45. The van der Waals surface area contributed by atoms with Gasteiger partial charge >= 0.3 is 0 Å². The summed E-state index contributed by atoms with van der Waals surface area (Å²) in [7, 11) is 0. The van der Waals surface area contributed by atoms with Crippen molar-refractivity contribution in [3.63, 3.8) is 0 Å². The first-order valence-electron chi connectivity index (χ1n) is 10.2. The molecule has 0 unspecified atom stereocenters. The maximum atomic E-state index is 5.42. The Kier molecular flexibility index (Phi) is 6.80. The number of thioether (sulfide) groups is 1. The van der Waals surface area contributed by atoms with E-state index in [1.807, 2.05) is 0 Å². The lowest BCUT2D eigenvalue weighted by molar-refractivity contribution is 0.330. The first kappa shape index (κ1) is 19.6. The first-order valence-corrected chi connectivity index (χ1v) is 12.1. The largest absolute Gasteiger partial charge is 0.338 e. The molecular formula is C20H27N5OS2. The molecule has 0 saturated heterocycles. The topological polar surface area (TPSA) is 69.6 Å². The summed E-state index contributed by atoms with van der Waals surface area (Å²) in [6.07, 6.45) is 10.3. The maximum absolute atomic E-state index is 5.42. The minimum atomic E-state index is 0.504. The van der Waals surface area contributed by atoms with Crippen molar-refractivity contribution < 1.29 is 4.52 Å². The molecule has 3 aromatic heterocycles. The minimum absolute atomic E-state index is 0.504. The lowest BCUT2D eigenvalue weighted by atomic mass is 9.95. The van der Waals surface area contributed by atoms with Gasteiger partial charge in [0.25, 0.3) is 0 Å². The molecule has 1 fully saturated rings. The Balaban J connectivity index is 1.49. The number of thiophene rings is 1. The van der Waals surface area contributed by atoms with Crippen molar-refractivity contribution in [2.45, 2.75) is 81.7 Å². The number of aromatic nitrogens is 5. The molecule has 1 saturated carbocycles. The van der Waals surface area contributed by atoms with E-state index in [4.69, 9.17) is 4.52 Å². The van der Waals surface area contributed by atoms with Crippen LogP contribution in [-0.2, 0) is 18.6 Å². The van der Waals surface area contributed by atoms with Crippen LogP contribution < -0.4 is 0 Å². The number of hydrogen-bond donors (Lipinski definition) is 0. The summed E-state index contributed by atoms with van der Waals surface area (Å²) < 4.78 is 7.81. The quantitative estimate of drug-likeness (QED) is 0.431. The standard InChI is InChI=1S/C20H27N5OS2/c1-2-3-11-17-21-19(26-24-17)14-28-20-23-22-18(13-16-10-7-12-27-16)25(20)15-8-5-4-6-9-15/h7,10,12,15H,2-6,8-9,11,13-14H2,1H3. The normalized spacial score (nSPS) is 15.3. The number of rotatable bonds is 9. The zero-order valence-electron chi connectivity index (χ0n) is 16.3. The van der Waals surface area contributed by atoms with Gasteiger partial charge in [0.15, 0.2) is 11.0 Å². The van der Waals surface area contributed by atoms with Crippen molar-refractivity contribution >= 4 is 23.1 Å². The van der Waals surface area contributed by atoms with E-state index in [0.717, 1.165) is 42.5 Å². The van der Waals surface area contributed by atoms with Gasteiger partial charge in [0.05, 0.1) is 5.75 Å². The molecule has 8 heteroatoms. The molecule has 28 heavy (non-hydrogen) atoms. The van der Waals surface area contributed by atoms with Crippen LogP contribution in [0.25, 0.3) is 0 Å². The molecule has 1 aliphatic carbocycles. The van der Waals surface area contributed by atoms with E-state index in [2.05, 4.69) is 49.3 Å². The molecule has 0 amide bonds. The van der Waals surface area contributed by atoms with E-state index < -0.39 is 0 Å². The van der Waals surface area contributed by atoms with Crippen molar-refractivity contribution in [1.29, 1.82) is 0 Å². The molecule has 0 N–H and O–H groups in total. The third-order valence-corrected chi connectivity index (χ3v) is 6.98. The monoisotopic (exact) mass is 417 g/mol. The SMILES string of the molecule is CCCCc1noc(CSc2nnc(Cc3cccs3)n2C2CCCCC2)n1. The Bertz CT molecular complexity index is 852. The van der Waals surface area contributed by atoms with E-state index in [1.54, 1.807) is 23.1 Å². The fourth-order valence-electron chi connectivity index (χ4n) is 3.71. The molecule has 3 heterocycles. The van der Waals surface area contributed by atoms with Gasteiger partial charge in [0, 0.05) is 23.8 Å². The Morgan fingerprint density at radius 3 is 2.93 bits per heavy atom. The highest BCUT2D eigenvalue weighted by Gasteiger charge is 2.23. The highest BCUT2D eigenvalue weighted by Crippen LogP contribution is 2.34. The molecule has 3 aromatic rings. The molecule has 0 radical (unpaired) electrons. The van der Waals surface area contributed by atoms with E-state index >= 15 is 0 Å². The van der Waals surface area contributed by atoms with Crippen LogP contribution in [-0.4, -0.2) is 24.9 Å². The van der Waals surface area contributed by atoms with Crippen molar-refractivity contribution in [1.82, 2.24) is 24.9 Å². The van der Waals surface area contributed by atoms with Crippen LogP contribution in [0.15, 0.2) is 27.2 Å². The van der Waals surface area contributed by atoms with Crippen LogP contribution >= 0.6 is 23.1 Å². The van der Waals surface area contributed by atoms with Crippen molar-refractivity contribution in [2.75, 3.05) is 0 Å². The molecule has 150 valence electrons. The van der Waals surface area contributed by atoms with Crippen LogP contribution in [0.2, 0.25) is 0 Å². The van der Waals surface area contributed by atoms with Crippen molar-refractivity contribution in [3.05, 3.63) is 39.9 Å². The molecule has 0 aromatic carbocycles. The van der Waals surface area contributed by atoms with Crippen LogP contribution in [0.4, 0.5) is 0 Å². The Hall–Kier alpha value is -1.67. The van der Waals surface area contributed by atoms with Gasteiger partial charge in [-0.3, -0.25) is 0 Å². The van der Waals surface area contributed by atoms with Gasteiger partial charge in [-0.1, -0.05) is 55.6 Å². The van der Waals surface area contributed by atoms with Crippen LogP contribution in [0.5, 0.6) is 0 Å². The lowest BCUT2D eigenvalue weighted by Crippen LogP contribution is -2.16. The zero-order valence-corrected chi connectivity index (χ0v) is 18.0. The van der Waals surface area contributed by atoms with Gasteiger partial charge in [-0.05, 0) is 30.7 Å². The number of unbranched alkanes of at least 4 members (excludes halogenated alkanes) is 1. The third kappa shape index (κ3) is 4.84. The summed E-state index contributed by atoms with van der Waals surface area (Å²) in [6, 6.07) is 4.78. The lowest BCUT2D eigenvalue weighted by Gasteiger charge is -2.25. The summed E-state index contributed by atoms with van der Waals surface area (Å²) in [5.41, 5.74) is 0. The molecule has 0 atom stereocenters. The second kappa shape index (κ2) is 9.69. The smallest absolute Gasteiger partial charge is 0.237 e. The van der Waals surface area contributed by atoms with E-state index in [9.17, 15) is 0 Å². The van der Waals surface area contributed by atoms with E-state index in [0.29, 0.717) is 17.7 Å². The van der Waals surface area contributed by atoms with Crippen molar-refractivity contribution in [3.8, 4) is 0 Å². The van der Waals surface area contributed by atoms with Gasteiger partial charge in [0.2, 0.25) is 5.89 Å². The summed E-state index contributed by atoms with van der Waals surface area (Å²) in [6.45, 7) is 2.17. The average molecular weight is 418 g/mol. The fraction of sp³-hybridized carbons (Fsp3) is 0.600. The van der Waals surface area contributed by atoms with Crippen LogP contribution in [0, 0.1) is 0 Å². The predicted molar refractivity (Wildman–Crippen MR) is 112 cm³/mol. The number of nitrogens with zero attached hydrogens (tertiary/aromatic N) is 5. The number of aryl methyl sites for hydroxylation is 1. The van der Waals surface area contributed by atoms with Crippen LogP contribution in [0.3, 0.4) is 0 Å². The molecule has 0 spiro atoms. The third-order valence-electron chi connectivity index (χ3n) is 5.18. The highest BCUT2D eigenvalue weighted by molar-refractivity contribution is 7.98. The molecule has 0 bridgehead atoms. The summed E-state index contributed by atoms with van der Waals surface area (Å²) in [5.74, 6) is 3.20.